The van der Waals surface area contributed by atoms with Crippen LogP contribution in [-0.4, -0.2) is 16.9 Å². The molecular weight excluding hydrogens is 236 g/mol. The smallest absolute Gasteiger partial charge is 0.336 e. The van der Waals surface area contributed by atoms with Crippen molar-refractivity contribution in [2.75, 3.05) is 0 Å². The molecule has 0 aliphatic heterocycles. The van der Waals surface area contributed by atoms with Gasteiger partial charge in [0.1, 0.15) is 5.38 Å². The van der Waals surface area contributed by atoms with Crippen molar-refractivity contribution in [2.45, 2.75) is 17.2 Å². The maximum atomic E-state index is 11.1. The first-order valence-corrected chi connectivity index (χ1v) is 5.02. The number of halogens is 1. The van der Waals surface area contributed by atoms with Crippen LogP contribution < -0.4 is 0 Å². The first kappa shape index (κ1) is 12.1. The number of hydrogen-bond acceptors (Lipinski definition) is 3. The first-order chi connectivity index (χ1) is 6.93. The number of thiol groups is 1. The molecule has 3 nitrogen and oxygen atoms in total. The summed E-state index contributed by atoms with van der Waals surface area (Å²) in [6.45, 7) is 1.32. The fourth-order valence-electron chi connectivity index (χ4n) is 1.17. The zero-order chi connectivity index (χ0) is 11.6. The summed E-state index contributed by atoms with van der Waals surface area (Å²) in [5, 5.41) is 7.99. The van der Waals surface area contributed by atoms with Crippen molar-refractivity contribution in [1.29, 1.82) is 0 Å². The van der Waals surface area contributed by atoms with Gasteiger partial charge in [0.25, 0.3) is 0 Å². The third-order valence-corrected chi connectivity index (χ3v) is 2.72. The number of hydrogen-bond donors (Lipinski definition) is 2. The van der Waals surface area contributed by atoms with E-state index in [1.165, 1.54) is 19.1 Å². The van der Waals surface area contributed by atoms with Gasteiger partial charge in [-0.2, -0.15) is 0 Å². The Hall–Kier alpha value is -1.00. The van der Waals surface area contributed by atoms with Gasteiger partial charge in [-0.1, -0.05) is 6.07 Å². The number of alkyl halides is 1. The van der Waals surface area contributed by atoms with Gasteiger partial charge in [-0.25, -0.2) is 4.79 Å². The lowest BCUT2D eigenvalue weighted by molar-refractivity contribution is -0.116. The second-order valence-electron chi connectivity index (χ2n) is 3.05. The molecule has 1 aromatic rings. The Bertz CT molecular complexity index is 417. The lowest BCUT2D eigenvalue weighted by atomic mass is 10.0. The molecule has 1 unspecified atom stereocenters. The van der Waals surface area contributed by atoms with Crippen LogP contribution in [0.4, 0.5) is 0 Å². The summed E-state index contributed by atoms with van der Waals surface area (Å²) in [6, 6.07) is 4.48. The molecule has 1 rings (SSSR count). The molecule has 80 valence electrons. The molecule has 1 atom stereocenters. The van der Waals surface area contributed by atoms with E-state index in [-0.39, 0.29) is 11.3 Å². The average Bonchev–Trinajstić information content (AvgIpc) is 2.16. The molecule has 5 heteroatoms. The minimum absolute atomic E-state index is 0.0118. The maximum absolute atomic E-state index is 11.1. The van der Waals surface area contributed by atoms with Crippen LogP contribution in [0, 0.1) is 0 Å². The van der Waals surface area contributed by atoms with E-state index < -0.39 is 11.3 Å². The van der Waals surface area contributed by atoms with Crippen molar-refractivity contribution >= 4 is 36.0 Å². The summed E-state index contributed by atoms with van der Waals surface area (Å²) in [6.07, 6.45) is 0. The first-order valence-electron chi connectivity index (χ1n) is 4.14. The molecule has 0 heterocycles. The predicted molar refractivity (Wildman–Crippen MR) is 59.9 cm³/mol. The zero-order valence-electron chi connectivity index (χ0n) is 7.90. The number of ketones is 1. The van der Waals surface area contributed by atoms with E-state index in [0.717, 1.165) is 0 Å². The molecule has 0 aromatic heterocycles. The molecule has 0 aliphatic rings. The van der Waals surface area contributed by atoms with E-state index in [4.69, 9.17) is 16.7 Å². The zero-order valence-corrected chi connectivity index (χ0v) is 9.55. The second kappa shape index (κ2) is 4.68. The summed E-state index contributed by atoms with van der Waals surface area (Å²) in [4.78, 5) is 22.5. The van der Waals surface area contributed by atoms with Crippen molar-refractivity contribution in [3.8, 4) is 0 Å². The van der Waals surface area contributed by atoms with Crippen LogP contribution in [0.25, 0.3) is 0 Å². The van der Waals surface area contributed by atoms with E-state index in [2.05, 4.69) is 12.6 Å². The quantitative estimate of drug-likeness (QED) is 0.635. The van der Waals surface area contributed by atoms with Gasteiger partial charge >= 0.3 is 5.97 Å². The van der Waals surface area contributed by atoms with E-state index in [1.807, 2.05) is 0 Å². The molecule has 0 saturated heterocycles. The van der Waals surface area contributed by atoms with Gasteiger partial charge in [-0.3, -0.25) is 4.79 Å². The molecule has 1 N–H and O–H groups in total. The molecule has 15 heavy (non-hydrogen) atoms. The molecule has 1 aromatic carbocycles. The summed E-state index contributed by atoms with van der Waals surface area (Å²) in [7, 11) is 0. The molecular formula is C10H9ClO3S. The van der Waals surface area contributed by atoms with Crippen LogP contribution in [0.1, 0.15) is 28.2 Å². The van der Waals surface area contributed by atoms with E-state index in [1.54, 1.807) is 6.07 Å². The average molecular weight is 245 g/mol. The number of rotatable bonds is 3. The SMILES string of the molecule is CC(=O)C(Cl)c1ccc(S)cc1C(=O)O. The highest BCUT2D eigenvalue weighted by atomic mass is 35.5. The largest absolute Gasteiger partial charge is 0.478 e. The Morgan fingerprint density at radius 1 is 1.47 bits per heavy atom. The number of Topliss-reactive ketones (excluding diaryl/α,β-unsaturated/α-hetero) is 1. The monoisotopic (exact) mass is 244 g/mol. The van der Waals surface area contributed by atoms with E-state index >= 15 is 0 Å². The Morgan fingerprint density at radius 3 is 2.53 bits per heavy atom. The molecule has 0 radical (unpaired) electrons. The highest BCUT2D eigenvalue weighted by Crippen LogP contribution is 2.26. The summed E-state index contributed by atoms with van der Waals surface area (Å²) in [5.74, 6) is -1.40. The van der Waals surface area contributed by atoms with Crippen LogP contribution >= 0.6 is 24.2 Å². The molecule has 0 aliphatic carbocycles. The number of carboxylic acid groups (broad SMARTS) is 1. The highest BCUT2D eigenvalue weighted by molar-refractivity contribution is 7.80. The van der Waals surface area contributed by atoms with Gasteiger partial charge in [0.05, 0.1) is 5.56 Å². The molecule has 0 amide bonds. The van der Waals surface area contributed by atoms with E-state index in [0.29, 0.717) is 10.5 Å². The Kier molecular flexibility index (Phi) is 3.77. The number of benzene rings is 1. The lowest BCUT2D eigenvalue weighted by Crippen LogP contribution is -2.09. The standard InChI is InChI=1S/C10H9ClO3S/c1-5(12)9(11)7-3-2-6(15)4-8(7)10(13)14/h2-4,9,15H,1H3,(H,13,14). The summed E-state index contributed by atoms with van der Waals surface area (Å²) < 4.78 is 0. The minimum atomic E-state index is -1.12. The normalized spacial score (nSPS) is 12.2. The number of carbonyl (C=O) groups is 2. The van der Waals surface area contributed by atoms with Gasteiger partial charge in [0.15, 0.2) is 5.78 Å². The van der Waals surface area contributed by atoms with Gasteiger partial charge in [-0.05, 0) is 24.6 Å². The van der Waals surface area contributed by atoms with Crippen molar-refractivity contribution in [1.82, 2.24) is 0 Å². The highest BCUT2D eigenvalue weighted by Gasteiger charge is 2.20. The van der Waals surface area contributed by atoms with Gasteiger partial charge < -0.3 is 5.11 Å². The van der Waals surface area contributed by atoms with Gasteiger partial charge in [-0.15, -0.1) is 24.2 Å². The lowest BCUT2D eigenvalue weighted by Gasteiger charge is -2.10. The summed E-state index contributed by atoms with van der Waals surface area (Å²) >= 11 is 9.83. The van der Waals surface area contributed by atoms with Gasteiger partial charge in [0.2, 0.25) is 0 Å². The Labute approximate surface area is 97.5 Å². The van der Waals surface area contributed by atoms with Crippen LogP contribution in [0.5, 0.6) is 0 Å². The van der Waals surface area contributed by atoms with Crippen LogP contribution in [0.2, 0.25) is 0 Å². The molecule has 0 saturated carbocycles. The minimum Gasteiger partial charge on any atom is -0.478 e. The van der Waals surface area contributed by atoms with Gasteiger partial charge in [0, 0.05) is 4.90 Å². The van der Waals surface area contributed by atoms with Crippen LogP contribution in [0.3, 0.4) is 0 Å². The van der Waals surface area contributed by atoms with Crippen molar-refractivity contribution < 1.29 is 14.7 Å². The topological polar surface area (TPSA) is 54.4 Å². The number of carbonyl (C=O) groups excluding carboxylic acids is 1. The third kappa shape index (κ3) is 2.73. The van der Waals surface area contributed by atoms with Crippen molar-refractivity contribution in [3.05, 3.63) is 29.3 Å². The number of carboxylic acids is 1. The third-order valence-electron chi connectivity index (χ3n) is 1.90. The van der Waals surface area contributed by atoms with E-state index in [9.17, 15) is 9.59 Å². The second-order valence-corrected chi connectivity index (χ2v) is 4.00. The van der Waals surface area contributed by atoms with Crippen LogP contribution in [-0.2, 0) is 4.79 Å². The Morgan fingerprint density at radius 2 is 2.07 bits per heavy atom. The fraction of sp³-hybridized carbons (Fsp3) is 0.200. The van der Waals surface area contributed by atoms with Crippen molar-refractivity contribution in [2.24, 2.45) is 0 Å². The molecule has 0 fully saturated rings. The molecule has 0 bridgehead atoms. The summed E-state index contributed by atoms with van der Waals surface area (Å²) in [5.41, 5.74) is 0.312. The fourth-order valence-corrected chi connectivity index (χ4v) is 1.56. The molecule has 0 spiro atoms. The van der Waals surface area contributed by atoms with Crippen molar-refractivity contribution in [3.63, 3.8) is 0 Å². The number of aromatic carboxylic acids is 1. The predicted octanol–water partition coefficient (Wildman–Crippen LogP) is 2.54. The maximum Gasteiger partial charge on any atom is 0.336 e. The van der Waals surface area contributed by atoms with Crippen LogP contribution in [0.15, 0.2) is 23.1 Å². The Balaban J connectivity index is 3.28.